The second kappa shape index (κ2) is 10.0. The highest BCUT2D eigenvalue weighted by atomic mass is 16.5. The number of rotatable bonds is 8. The summed E-state index contributed by atoms with van der Waals surface area (Å²) in [6.45, 7) is 7.07. The summed E-state index contributed by atoms with van der Waals surface area (Å²) in [5.74, 6) is 0.942. The van der Waals surface area contributed by atoms with Crippen molar-refractivity contribution in [1.82, 2.24) is 19.4 Å². The fourth-order valence-corrected chi connectivity index (χ4v) is 3.80. The van der Waals surface area contributed by atoms with Gasteiger partial charge in [-0.05, 0) is 55.7 Å². The Labute approximate surface area is 189 Å². The summed E-state index contributed by atoms with van der Waals surface area (Å²) in [4.78, 5) is 17.6. The largest absolute Gasteiger partial charge is 0.497 e. The second-order valence-corrected chi connectivity index (χ2v) is 7.72. The van der Waals surface area contributed by atoms with Gasteiger partial charge < -0.3 is 19.2 Å². The van der Waals surface area contributed by atoms with Gasteiger partial charge in [-0.1, -0.05) is 19.1 Å². The zero-order chi connectivity index (χ0) is 23.3. The van der Waals surface area contributed by atoms with Gasteiger partial charge in [-0.2, -0.15) is 5.26 Å². The molecule has 1 atom stereocenters. The number of nitriles is 1. The molecule has 0 aliphatic heterocycles. The lowest BCUT2D eigenvalue weighted by Gasteiger charge is -2.19. The molecule has 0 saturated carbocycles. The molecule has 0 aliphatic carbocycles. The summed E-state index contributed by atoms with van der Waals surface area (Å²) < 4.78 is 9.30. The average Bonchev–Trinajstić information content (AvgIpc) is 3.33. The van der Waals surface area contributed by atoms with Crippen molar-refractivity contribution in [2.24, 2.45) is 7.05 Å². The molecule has 0 fully saturated rings. The van der Waals surface area contributed by atoms with Crippen LogP contribution in [0.5, 0.6) is 5.75 Å². The van der Waals surface area contributed by atoms with Gasteiger partial charge in [0.05, 0.1) is 7.11 Å². The number of nitrogens with one attached hydrogen (secondary N) is 1. The van der Waals surface area contributed by atoms with Crippen molar-refractivity contribution in [3.63, 3.8) is 0 Å². The number of amides is 1. The molecule has 1 aromatic carbocycles. The van der Waals surface area contributed by atoms with Gasteiger partial charge in [0.25, 0.3) is 5.91 Å². The highest BCUT2D eigenvalue weighted by Gasteiger charge is 2.23. The lowest BCUT2D eigenvalue weighted by Crippen LogP contribution is -2.31. The van der Waals surface area contributed by atoms with Crippen molar-refractivity contribution < 1.29 is 9.53 Å². The average molecular weight is 432 g/mol. The molecule has 166 valence electrons. The van der Waals surface area contributed by atoms with Crippen LogP contribution in [0.2, 0.25) is 0 Å². The van der Waals surface area contributed by atoms with Gasteiger partial charge >= 0.3 is 0 Å². The van der Waals surface area contributed by atoms with E-state index in [1.54, 1.807) is 19.4 Å². The molecule has 32 heavy (non-hydrogen) atoms. The number of nitrogens with zero attached hydrogens (tertiary/aromatic N) is 4. The van der Waals surface area contributed by atoms with E-state index in [1.165, 1.54) is 0 Å². The van der Waals surface area contributed by atoms with Crippen LogP contribution in [-0.2, 0) is 18.4 Å². The minimum atomic E-state index is -0.516. The molecule has 0 saturated heterocycles. The van der Waals surface area contributed by atoms with E-state index >= 15 is 0 Å². The Bertz CT molecular complexity index is 1160. The molecule has 3 aromatic rings. The highest BCUT2D eigenvalue weighted by molar-refractivity contribution is 6.02. The minimum absolute atomic E-state index is 0.0504. The monoisotopic (exact) mass is 431 g/mol. The van der Waals surface area contributed by atoms with Crippen molar-refractivity contribution in [3.8, 4) is 11.8 Å². The van der Waals surface area contributed by atoms with Gasteiger partial charge in [0.1, 0.15) is 29.3 Å². The van der Waals surface area contributed by atoms with E-state index in [4.69, 9.17) is 4.74 Å². The lowest BCUT2D eigenvalue weighted by atomic mass is 10.0. The molecule has 2 heterocycles. The van der Waals surface area contributed by atoms with Gasteiger partial charge in [-0.15, -0.1) is 0 Å². The Hall–Kier alpha value is -3.79. The van der Waals surface area contributed by atoms with E-state index in [2.05, 4.69) is 27.9 Å². The number of hydrogen-bond donors (Lipinski definition) is 1. The first-order valence-corrected chi connectivity index (χ1v) is 10.6. The smallest absolute Gasteiger partial charge is 0.262 e. The van der Waals surface area contributed by atoms with Crippen LogP contribution in [0.1, 0.15) is 47.7 Å². The SMILES string of the molecule is CCCn1c(C)cc(/C=C(/C#N)C(=O)NC(c2ccc(OC)cc2)c2nccn2C)c1C. The number of methoxy groups -OCH3 is 1. The maximum atomic E-state index is 13.2. The number of hydrogen-bond acceptors (Lipinski definition) is 4. The fraction of sp³-hybridized carbons (Fsp3) is 0.320. The third-order valence-electron chi connectivity index (χ3n) is 5.57. The Morgan fingerprint density at radius 1 is 1.31 bits per heavy atom. The van der Waals surface area contributed by atoms with Crippen LogP contribution in [0.25, 0.3) is 6.08 Å². The molecular weight excluding hydrogens is 402 g/mol. The molecule has 1 N–H and O–H groups in total. The quantitative estimate of drug-likeness (QED) is 0.430. The van der Waals surface area contributed by atoms with Crippen LogP contribution in [-0.4, -0.2) is 27.1 Å². The molecule has 0 bridgehead atoms. The number of carbonyl (C=O) groups excluding carboxylic acids is 1. The summed E-state index contributed by atoms with van der Waals surface area (Å²) in [6, 6.07) is 11.0. The molecule has 0 radical (unpaired) electrons. The third-order valence-corrected chi connectivity index (χ3v) is 5.57. The van der Waals surface area contributed by atoms with Crippen molar-refractivity contribution in [1.29, 1.82) is 5.26 Å². The molecular formula is C25H29N5O2. The van der Waals surface area contributed by atoms with Gasteiger partial charge in [-0.25, -0.2) is 4.98 Å². The normalized spacial score (nSPS) is 12.3. The molecule has 2 aromatic heterocycles. The van der Waals surface area contributed by atoms with Crippen molar-refractivity contribution in [2.45, 2.75) is 39.8 Å². The van der Waals surface area contributed by atoms with Crippen LogP contribution >= 0.6 is 0 Å². The van der Waals surface area contributed by atoms with Crippen LogP contribution < -0.4 is 10.1 Å². The van der Waals surface area contributed by atoms with Gasteiger partial charge in [-0.3, -0.25) is 4.79 Å². The molecule has 1 unspecified atom stereocenters. The number of benzene rings is 1. The predicted octanol–water partition coefficient (Wildman–Crippen LogP) is 4.07. The summed E-state index contributed by atoms with van der Waals surface area (Å²) >= 11 is 0. The Balaban J connectivity index is 1.94. The van der Waals surface area contributed by atoms with Crippen molar-refractivity contribution in [3.05, 3.63) is 76.6 Å². The number of imidazole rings is 1. The predicted molar refractivity (Wildman–Crippen MR) is 124 cm³/mol. The van der Waals surface area contributed by atoms with Gasteiger partial charge in [0.15, 0.2) is 0 Å². The topological polar surface area (TPSA) is 84.9 Å². The van der Waals surface area contributed by atoms with Crippen LogP contribution in [0.4, 0.5) is 0 Å². The maximum Gasteiger partial charge on any atom is 0.262 e. The van der Waals surface area contributed by atoms with E-state index in [0.717, 1.165) is 41.2 Å². The standard InChI is InChI=1S/C25H29N5O2/c1-6-12-30-17(2)14-20(18(30)3)15-21(16-26)25(31)28-23(24-27-11-13-29(24)4)19-7-9-22(32-5)10-8-19/h7-11,13-15,23H,6,12H2,1-5H3,(H,28,31)/b21-15-. The zero-order valence-corrected chi connectivity index (χ0v) is 19.2. The van der Waals surface area contributed by atoms with Crippen molar-refractivity contribution >= 4 is 12.0 Å². The van der Waals surface area contributed by atoms with E-state index in [0.29, 0.717) is 5.82 Å². The Kier molecular flexibility index (Phi) is 7.16. The van der Waals surface area contributed by atoms with E-state index in [9.17, 15) is 10.1 Å². The molecule has 3 rings (SSSR count). The Morgan fingerprint density at radius 2 is 2.03 bits per heavy atom. The van der Waals surface area contributed by atoms with Gasteiger partial charge in [0.2, 0.25) is 0 Å². The molecule has 0 spiro atoms. The summed E-state index contributed by atoms with van der Waals surface area (Å²) in [5, 5.41) is 12.7. The third kappa shape index (κ3) is 4.75. The zero-order valence-electron chi connectivity index (χ0n) is 19.2. The first-order valence-electron chi connectivity index (χ1n) is 10.6. The second-order valence-electron chi connectivity index (χ2n) is 7.72. The summed E-state index contributed by atoms with van der Waals surface area (Å²) in [7, 11) is 3.48. The fourth-order valence-electron chi connectivity index (χ4n) is 3.80. The number of ether oxygens (including phenoxy) is 1. The first kappa shape index (κ1) is 22.9. The van der Waals surface area contributed by atoms with E-state index < -0.39 is 11.9 Å². The number of aryl methyl sites for hydroxylation is 2. The highest BCUT2D eigenvalue weighted by Crippen LogP contribution is 2.24. The van der Waals surface area contributed by atoms with E-state index in [1.807, 2.05) is 62.0 Å². The van der Waals surface area contributed by atoms with E-state index in [-0.39, 0.29) is 5.57 Å². The molecule has 7 heteroatoms. The number of carbonyl (C=O) groups is 1. The van der Waals surface area contributed by atoms with Crippen LogP contribution in [0.15, 0.2) is 48.3 Å². The molecule has 7 nitrogen and oxygen atoms in total. The summed E-state index contributed by atoms with van der Waals surface area (Å²) in [6.07, 6.45) is 6.18. The van der Waals surface area contributed by atoms with Crippen molar-refractivity contribution in [2.75, 3.05) is 7.11 Å². The van der Waals surface area contributed by atoms with Crippen LogP contribution in [0.3, 0.4) is 0 Å². The molecule has 1 amide bonds. The lowest BCUT2D eigenvalue weighted by molar-refractivity contribution is -0.117. The first-order chi connectivity index (χ1) is 15.4. The maximum absolute atomic E-state index is 13.2. The summed E-state index contributed by atoms with van der Waals surface area (Å²) in [5.41, 5.74) is 3.92. The van der Waals surface area contributed by atoms with Crippen LogP contribution in [0, 0.1) is 25.2 Å². The number of aromatic nitrogens is 3. The Morgan fingerprint density at radius 3 is 2.59 bits per heavy atom. The van der Waals surface area contributed by atoms with Gasteiger partial charge in [0, 0.05) is 37.4 Å². The minimum Gasteiger partial charge on any atom is -0.497 e. The molecule has 0 aliphatic rings.